The first-order valence-electron chi connectivity index (χ1n) is 5.09. The van der Waals surface area contributed by atoms with E-state index < -0.39 is 23.2 Å². The van der Waals surface area contributed by atoms with Crippen molar-refractivity contribution in [2.45, 2.75) is 6.18 Å². The number of ether oxygens (including phenoxy) is 1. The highest BCUT2D eigenvalue weighted by atomic mass is 19.4. The molecule has 0 spiro atoms. The molecule has 0 fully saturated rings. The van der Waals surface area contributed by atoms with E-state index in [1.807, 2.05) is 0 Å². The quantitative estimate of drug-likeness (QED) is 0.905. The van der Waals surface area contributed by atoms with Crippen LogP contribution in [0.25, 0.3) is 11.4 Å². The second-order valence-corrected chi connectivity index (χ2v) is 3.54. The number of H-pyrrole nitrogens is 1. The Morgan fingerprint density at radius 3 is 2.63 bits per heavy atom. The zero-order chi connectivity index (χ0) is 14.0. The van der Waals surface area contributed by atoms with Crippen molar-refractivity contribution in [2.75, 3.05) is 7.11 Å². The molecule has 0 aliphatic carbocycles. The molecule has 0 saturated heterocycles. The third kappa shape index (κ3) is 2.56. The van der Waals surface area contributed by atoms with Gasteiger partial charge in [0, 0.05) is 18.0 Å². The van der Waals surface area contributed by atoms with Crippen molar-refractivity contribution >= 4 is 0 Å². The summed E-state index contributed by atoms with van der Waals surface area (Å²) in [5, 5.41) is 0. The van der Waals surface area contributed by atoms with E-state index in [-0.39, 0.29) is 5.82 Å². The number of hydrogen-bond acceptors (Lipinski definition) is 4. The van der Waals surface area contributed by atoms with Crippen LogP contribution in [-0.2, 0) is 6.18 Å². The Kier molecular flexibility index (Phi) is 3.24. The summed E-state index contributed by atoms with van der Waals surface area (Å²) in [4.78, 5) is 21.0. The molecule has 0 amide bonds. The molecular formula is C11H8F3N3O2. The fraction of sp³-hybridized carbons (Fsp3) is 0.182. The summed E-state index contributed by atoms with van der Waals surface area (Å²) in [5.41, 5.74) is -2.48. The Hall–Kier alpha value is -2.38. The van der Waals surface area contributed by atoms with Crippen LogP contribution < -0.4 is 10.3 Å². The maximum Gasteiger partial charge on any atom is 0.426 e. The topological polar surface area (TPSA) is 67.9 Å². The van der Waals surface area contributed by atoms with Gasteiger partial charge in [0.1, 0.15) is 5.82 Å². The van der Waals surface area contributed by atoms with Gasteiger partial charge in [-0.3, -0.25) is 9.78 Å². The lowest BCUT2D eigenvalue weighted by molar-refractivity contribution is -0.140. The van der Waals surface area contributed by atoms with Gasteiger partial charge >= 0.3 is 6.18 Å². The molecule has 1 N–H and O–H groups in total. The van der Waals surface area contributed by atoms with Crippen molar-refractivity contribution in [3.63, 3.8) is 0 Å². The molecule has 0 saturated carbocycles. The molecule has 8 heteroatoms. The third-order valence-electron chi connectivity index (χ3n) is 2.31. The van der Waals surface area contributed by atoms with Crippen molar-refractivity contribution < 1.29 is 17.9 Å². The van der Waals surface area contributed by atoms with Crippen molar-refractivity contribution in [1.29, 1.82) is 0 Å². The van der Waals surface area contributed by atoms with Crippen LogP contribution in [0.15, 0.2) is 29.3 Å². The Morgan fingerprint density at radius 1 is 1.37 bits per heavy atom. The molecule has 0 bridgehead atoms. The number of pyridine rings is 1. The largest absolute Gasteiger partial charge is 0.482 e. The smallest absolute Gasteiger partial charge is 0.426 e. The molecule has 0 radical (unpaired) electrons. The molecule has 5 nitrogen and oxygen atoms in total. The van der Waals surface area contributed by atoms with Gasteiger partial charge < -0.3 is 9.72 Å². The average molecular weight is 271 g/mol. The number of methoxy groups -OCH3 is 1. The molecular weight excluding hydrogens is 263 g/mol. The first-order valence-corrected chi connectivity index (χ1v) is 5.09. The minimum atomic E-state index is -4.83. The minimum absolute atomic E-state index is 0.0389. The summed E-state index contributed by atoms with van der Waals surface area (Å²) in [5.74, 6) is -0.714. The van der Waals surface area contributed by atoms with Gasteiger partial charge in [-0.15, -0.1) is 0 Å². The first kappa shape index (κ1) is 13.1. The summed E-state index contributed by atoms with van der Waals surface area (Å²) in [6.45, 7) is 0. The van der Waals surface area contributed by atoms with Crippen LogP contribution in [0.1, 0.15) is 5.56 Å². The Balaban J connectivity index is 2.64. The van der Waals surface area contributed by atoms with Crippen LogP contribution in [0.2, 0.25) is 0 Å². The molecule has 100 valence electrons. The van der Waals surface area contributed by atoms with Crippen LogP contribution in [0.5, 0.6) is 5.88 Å². The van der Waals surface area contributed by atoms with Crippen molar-refractivity contribution in [1.82, 2.24) is 15.0 Å². The van der Waals surface area contributed by atoms with E-state index in [0.717, 1.165) is 7.11 Å². The molecule has 19 heavy (non-hydrogen) atoms. The highest BCUT2D eigenvalue weighted by molar-refractivity contribution is 5.54. The monoisotopic (exact) mass is 271 g/mol. The summed E-state index contributed by atoms with van der Waals surface area (Å²) in [6.07, 6.45) is -1.98. The lowest BCUT2D eigenvalue weighted by Crippen LogP contribution is -2.24. The molecule has 0 unspecified atom stereocenters. The second-order valence-electron chi connectivity index (χ2n) is 3.54. The van der Waals surface area contributed by atoms with Gasteiger partial charge in [-0.1, -0.05) is 0 Å². The van der Waals surface area contributed by atoms with Gasteiger partial charge in [-0.05, 0) is 12.1 Å². The molecule has 2 heterocycles. The Morgan fingerprint density at radius 2 is 2.11 bits per heavy atom. The average Bonchev–Trinajstić information content (AvgIpc) is 2.37. The molecule has 0 atom stereocenters. The number of hydrogen-bond donors (Lipinski definition) is 1. The van der Waals surface area contributed by atoms with Gasteiger partial charge in [-0.2, -0.15) is 18.2 Å². The number of nitrogens with one attached hydrogen (secondary N) is 1. The lowest BCUT2D eigenvalue weighted by Gasteiger charge is -2.11. The van der Waals surface area contributed by atoms with Gasteiger partial charge in [0.2, 0.25) is 5.88 Å². The molecule has 0 aliphatic rings. The molecule has 2 aromatic heterocycles. The number of rotatable bonds is 2. The maximum atomic E-state index is 12.7. The SMILES string of the molecule is COc1[nH]c(-c2cccnc2)nc(=O)c1C(F)(F)F. The second kappa shape index (κ2) is 4.71. The molecule has 0 aromatic carbocycles. The van der Waals surface area contributed by atoms with Gasteiger partial charge in [0.25, 0.3) is 5.56 Å². The predicted octanol–water partition coefficient (Wildman–Crippen LogP) is 1.86. The Bertz CT molecular complexity index is 638. The summed E-state index contributed by atoms with van der Waals surface area (Å²) < 4.78 is 42.6. The van der Waals surface area contributed by atoms with E-state index in [0.29, 0.717) is 5.56 Å². The van der Waals surface area contributed by atoms with Crippen molar-refractivity contribution in [3.05, 3.63) is 40.4 Å². The van der Waals surface area contributed by atoms with E-state index >= 15 is 0 Å². The first-order chi connectivity index (χ1) is 8.93. The normalized spacial score (nSPS) is 11.4. The summed E-state index contributed by atoms with van der Waals surface area (Å²) in [6, 6.07) is 3.12. The van der Waals surface area contributed by atoms with E-state index in [2.05, 4.69) is 19.7 Å². The summed E-state index contributed by atoms with van der Waals surface area (Å²) >= 11 is 0. The van der Waals surface area contributed by atoms with Crippen LogP contribution >= 0.6 is 0 Å². The number of aromatic amines is 1. The van der Waals surface area contributed by atoms with E-state index in [1.54, 1.807) is 12.1 Å². The number of nitrogens with zero attached hydrogens (tertiary/aromatic N) is 2. The highest BCUT2D eigenvalue weighted by Crippen LogP contribution is 2.32. The van der Waals surface area contributed by atoms with E-state index in [1.165, 1.54) is 12.4 Å². The standard InChI is InChI=1S/C11H8F3N3O2/c1-19-10-7(11(12,13)14)9(18)16-8(17-10)6-3-2-4-15-5-6/h2-5H,1H3,(H,16,17,18). The highest BCUT2D eigenvalue weighted by Gasteiger charge is 2.39. The van der Waals surface area contributed by atoms with Crippen LogP contribution in [0.4, 0.5) is 13.2 Å². The zero-order valence-corrected chi connectivity index (χ0v) is 9.65. The molecule has 2 rings (SSSR count). The third-order valence-corrected chi connectivity index (χ3v) is 2.31. The molecule has 2 aromatic rings. The fourth-order valence-electron chi connectivity index (χ4n) is 1.50. The zero-order valence-electron chi connectivity index (χ0n) is 9.65. The number of halogens is 3. The van der Waals surface area contributed by atoms with Crippen molar-refractivity contribution in [2.24, 2.45) is 0 Å². The fourth-order valence-corrected chi connectivity index (χ4v) is 1.50. The van der Waals surface area contributed by atoms with E-state index in [4.69, 9.17) is 0 Å². The summed E-state index contributed by atoms with van der Waals surface area (Å²) in [7, 11) is 1.04. The lowest BCUT2D eigenvalue weighted by atomic mass is 10.2. The van der Waals surface area contributed by atoms with Gasteiger partial charge in [-0.25, -0.2) is 0 Å². The maximum absolute atomic E-state index is 12.7. The Labute approximate surface area is 105 Å². The number of aromatic nitrogens is 3. The minimum Gasteiger partial charge on any atom is -0.482 e. The van der Waals surface area contributed by atoms with Crippen LogP contribution in [0, 0.1) is 0 Å². The molecule has 0 aliphatic heterocycles. The van der Waals surface area contributed by atoms with E-state index in [9.17, 15) is 18.0 Å². The van der Waals surface area contributed by atoms with Crippen molar-refractivity contribution in [3.8, 4) is 17.3 Å². The van der Waals surface area contributed by atoms with Crippen LogP contribution in [-0.4, -0.2) is 22.1 Å². The number of alkyl halides is 3. The van der Waals surface area contributed by atoms with Gasteiger partial charge in [0.05, 0.1) is 7.11 Å². The predicted molar refractivity (Wildman–Crippen MR) is 59.6 cm³/mol. The van der Waals surface area contributed by atoms with Crippen LogP contribution in [0.3, 0.4) is 0 Å². The van der Waals surface area contributed by atoms with Gasteiger partial charge in [0.15, 0.2) is 5.56 Å².